The summed E-state index contributed by atoms with van der Waals surface area (Å²) in [6.45, 7) is 8.30. The van der Waals surface area contributed by atoms with Gasteiger partial charge in [-0.1, -0.05) is 43.8 Å². The van der Waals surface area contributed by atoms with Crippen molar-refractivity contribution in [1.82, 2.24) is 9.97 Å². The fourth-order valence-electron chi connectivity index (χ4n) is 2.51. The monoisotopic (exact) mass is 382 g/mol. The van der Waals surface area contributed by atoms with Gasteiger partial charge in [0.2, 0.25) is 5.88 Å². The molecule has 0 saturated heterocycles. The quantitative estimate of drug-likeness (QED) is 0.363. The molecule has 1 heterocycles. The molecule has 0 N–H and O–H groups in total. The van der Waals surface area contributed by atoms with Gasteiger partial charge in [-0.2, -0.15) is 4.98 Å². The molecule has 3 nitrogen and oxygen atoms in total. The normalized spacial score (nSPS) is 11.0. The van der Waals surface area contributed by atoms with Gasteiger partial charge in [0.15, 0.2) is 5.16 Å². The summed E-state index contributed by atoms with van der Waals surface area (Å²) in [5.74, 6) is 1.90. The lowest BCUT2D eigenvalue weighted by atomic mass is 10.1. The van der Waals surface area contributed by atoms with E-state index >= 15 is 0 Å². The van der Waals surface area contributed by atoms with Crippen molar-refractivity contribution < 1.29 is 9.13 Å². The van der Waals surface area contributed by atoms with Crippen LogP contribution in [0.2, 0.25) is 0 Å². The standard InChI is InChI=1S/C22H23FN2OS/c1-14(2)20-12-21(26-19-9-8-15(3)16(4)10-19)25-22(24-20)27-13-17-6-5-7-18(23)11-17/h5-12,14H,13H2,1-4H3. The molecule has 0 radical (unpaired) electrons. The van der Waals surface area contributed by atoms with Crippen molar-refractivity contribution in [3.63, 3.8) is 0 Å². The molecule has 2 aromatic carbocycles. The van der Waals surface area contributed by atoms with Crippen molar-refractivity contribution in [3.8, 4) is 11.6 Å². The SMILES string of the molecule is Cc1ccc(Oc2cc(C(C)C)nc(SCc3cccc(F)c3)n2)cc1C. The van der Waals surface area contributed by atoms with Crippen LogP contribution in [0.3, 0.4) is 0 Å². The van der Waals surface area contributed by atoms with E-state index < -0.39 is 0 Å². The Balaban J connectivity index is 1.82. The van der Waals surface area contributed by atoms with Crippen LogP contribution in [0.1, 0.15) is 42.1 Å². The van der Waals surface area contributed by atoms with Gasteiger partial charge in [-0.05, 0) is 60.7 Å². The first kappa shape index (κ1) is 19.4. The average molecular weight is 383 g/mol. The highest BCUT2D eigenvalue weighted by atomic mass is 32.2. The molecule has 0 unspecified atom stereocenters. The molecule has 0 spiro atoms. The summed E-state index contributed by atoms with van der Waals surface area (Å²) in [7, 11) is 0. The second-order valence-corrected chi connectivity index (χ2v) is 7.78. The Labute approximate surface area is 164 Å². The smallest absolute Gasteiger partial charge is 0.223 e. The molecule has 0 bridgehead atoms. The van der Waals surface area contributed by atoms with Crippen molar-refractivity contribution in [2.45, 2.75) is 44.5 Å². The van der Waals surface area contributed by atoms with Gasteiger partial charge in [-0.3, -0.25) is 0 Å². The molecule has 3 rings (SSSR count). The summed E-state index contributed by atoms with van der Waals surface area (Å²) >= 11 is 1.48. The van der Waals surface area contributed by atoms with Gasteiger partial charge in [0.05, 0.1) is 5.69 Å². The first-order valence-electron chi connectivity index (χ1n) is 8.92. The lowest BCUT2D eigenvalue weighted by molar-refractivity contribution is 0.452. The minimum Gasteiger partial charge on any atom is -0.439 e. The Morgan fingerprint density at radius 3 is 2.52 bits per heavy atom. The molecule has 5 heteroatoms. The van der Waals surface area contributed by atoms with E-state index in [9.17, 15) is 4.39 Å². The van der Waals surface area contributed by atoms with Crippen LogP contribution in [-0.2, 0) is 5.75 Å². The highest BCUT2D eigenvalue weighted by Crippen LogP contribution is 2.28. The third-order valence-electron chi connectivity index (χ3n) is 4.25. The Bertz CT molecular complexity index is 943. The number of hydrogen-bond acceptors (Lipinski definition) is 4. The molecule has 1 aromatic heterocycles. The molecule has 0 atom stereocenters. The topological polar surface area (TPSA) is 35.0 Å². The van der Waals surface area contributed by atoms with E-state index in [0.29, 0.717) is 16.8 Å². The average Bonchev–Trinajstić information content (AvgIpc) is 2.63. The van der Waals surface area contributed by atoms with E-state index in [4.69, 9.17) is 4.74 Å². The predicted octanol–water partition coefficient (Wildman–Crippen LogP) is 6.44. The van der Waals surface area contributed by atoms with Gasteiger partial charge in [0.1, 0.15) is 11.6 Å². The van der Waals surface area contributed by atoms with Crippen LogP contribution >= 0.6 is 11.8 Å². The Morgan fingerprint density at radius 1 is 1.00 bits per heavy atom. The largest absolute Gasteiger partial charge is 0.439 e. The molecular formula is C22H23FN2OS. The summed E-state index contributed by atoms with van der Waals surface area (Å²) in [6.07, 6.45) is 0. The van der Waals surface area contributed by atoms with Gasteiger partial charge >= 0.3 is 0 Å². The van der Waals surface area contributed by atoms with Gasteiger partial charge in [-0.25, -0.2) is 9.37 Å². The summed E-state index contributed by atoms with van der Waals surface area (Å²) in [6, 6.07) is 14.5. The number of aryl methyl sites for hydroxylation is 2. The van der Waals surface area contributed by atoms with Crippen molar-refractivity contribution in [1.29, 1.82) is 0 Å². The van der Waals surface area contributed by atoms with E-state index in [1.54, 1.807) is 6.07 Å². The molecule has 27 heavy (non-hydrogen) atoms. The highest BCUT2D eigenvalue weighted by molar-refractivity contribution is 7.98. The Morgan fingerprint density at radius 2 is 1.81 bits per heavy atom. The highest BCUT2D eigenvalue weighted by Gasteiger charge is 2.11. The minimum absolute atomic E-state index is 0.233. The van der Waals surface area contributed by atoms with Crippen LogP contribution in [0, 0.1) is 19.7 Å². The lowest BCUT2D eigenvalue weighted by Crippen LogP contribution is -2.00. The number of nitrogens with zero attached hydrogens (tertiary/aromatic N) is 2. The summed E-state index contributed by atoms with van der Waals surface area (Å²) < 4.78 is 19.4. The number of ether oxygens (including phenoxy) is 1. The number of hydrogen-bond donors (Lipinski definition) is 0. The van der Waals surface area contributed by atoms with Crippen molar-refractivity contribution in [2.75, 3.05) is 0 Å². The van der Waals surface area contributed by atoms with Crippen molar-refractivity contribution in [3.05, 3.63) is 76.7 Å². The van der Waals surface area contributed by atoms with Gasteiger partial charge in [0, 0.05) is 11.8 Å². The fourth-order valence-corrected chi connectivity index (χ4v) is 3.31. The molecule has 140 valence electrons. The van der Waals surface area contributed by atoms with Crippen LogP contribution in [-0.4, -0.2) is 9.97 Å². The van der Waals surface area contributed by atoms with Gasteiger partial charge in [0.25, 0.3) is 0 Å². The molecular weight excluding hydrogens is 359 g/mol. The second-order valence-electron chi connectivity index (χ2n) is 6.84. The summed E-state index contributed by atoms with van der Waals surface area (Å²) in [5, 5.41) is 0.629. The molecule has 0 aliphatic rings. The maximum absolute atomic E-state index is 13.4. The maximum Gasteiger partial charge on any atom is 0.223 e. The molecule has 3 aromatic rings. The molecule has 0 aliphatic carbocycles. The predicted molar refractivity (Wildman–Crippen MR) is 108 cm³/mol. The number of halogens is 1. The zero-order valence-electron chi connectivity index (χ0n) is 16.0. The fraction of sp³-hybridized carbons (Fsp3) is 0.273. The Hall–Kier alpha value is -2.40. The zero-order valence-corrected chi connectivity index (χ0v) is 16.8. The van der Waals surface area contributed by atoms with E-state index in [-0.39, 0.29) is 11.7 Å². The van der Waals surface area contributed by atoms with Gasteiger partial charge < -0.3 is 4.74 Å². The first-order chi connectivity index (χ1) is 12.9. The zero-order chi connectivity index (χ0) is 19.4. The Kier molecular flexibility index (Phi) is 6.11. The third-order valence-corrected chi connectivity index (χ3v) is 5.17. The number of rotatable bonds is 6. The molecule has 0 aliphatic heterocycles. The number of thioether (sulfide) groups is 1. The minimum atomic E-state index is -0.233. The van der Waals surface area contributed by atoms with E-state index in [1.165, 1.54) is 35.0 Å². The van der Waals surface area contributed by atoms with Crippen LogP contribution in [0.4, 0.5) is 4.39 Å². The van der Waals surface area contributed by atoms with Crippen molar-refractivity contribution in [2.24, 2.45) is 0 Å². The third kappa shape index (κ3) is 5.30. The first-order valence-corrected chi connectivity index (χ1v) is 9.90. The maximum atomic E-state index is 13.4. The second kappa shape index (κ2) is 8.53. The number of aromatic nitrogens is 2. The summed E-state index contributed by atoms with van der Waals surface area (Å²) in [4.78, 5) is 9.16. The van der Waals surface area contributed by atoms with E-state index in [0.717, 1.165) is 17.0 Å². The van der Waals surface area contributed by atoms with E-state index in [1.807, 2.05) is 30.3 Å². The van der Waals surface area contributed by atoms with Crippen LogP contribution < -0.4 is 4.74 Å². The van der Waals surface area contributed by atoms with Crippen LogP contribution in [0.5, 0.6) is 11.6 Å². The van der Waals surface area contributed by atoms with E-state index in [2.05, 4.69) is 37.7 Å². The molecule has 0 saturated carbocycles. The number of benzene rings is 2. The van der Waals surface area contributed by atoms with Crippen LogP contribution in [0.25, 0.3) is 0 Å². The molecule has 0 amide bonds. The van der Waals surface area contributed by atoms with Crippen molar-refractivity contribution >= 4 is 11.8 Å². The lowest BCUT2D eigenvalue weighted by Gasteiger charge is -2.12. The molecule has 0 fully saturated rings. The van der Waals surface area contributed by atoms with Crippen LogP contribution in [0.15, 0.2) is 53.7 Å². The van der Waals surface area contributed by atoms with Gasteiger partial charge in [-0.15, -0.1) is 0 Å². The summed E-state index contributed by atoms with van der Waals surface area (Å²) in [5.41, 5.74) is 4.21.